The molecule has 1 aromatic carbocycles. The van der Waals surface area contributed by atoms with Gasteiger partial charge in [0, 0.05) is 31.4 Å². The van der Waals surface area contributed by atoms with Crippen LogP contribution < -0.4 is 5.32 Å². The standard InChI is InChI=1S/C15H20FN3/c1-3-8-19-9-7-18-15(19)11-14(17-2)12-5-4-6-13(16)10-12/h4-7,9-10,14,17H,3,8,11H2,1-2H3. The highest BCUT2D eigenvalue weighted by molar-refractivity contribution is 5.21. The molecule has 1 heterocycles. The van der Waals surface area contributed by atoms with Crippen molar-refractivity contribution < 1.29 is 4.39 Å². The van der Waals surface area contributed by atoms with Crippen LogP contribution >= 0.6 is 0 Å². The van der Waals surface area contributed by atoms with Crippen molar-refractivity contribution in [2.45, 2.75) is 32.4 Å². The van der Waals surface area contributed by atoms with E-state index in [-0.39, 0.29) is 11.9 Å². The molecule has 0 fully saturated rings. The molecular formula is C15H20FN3. The van der Waals surface area contributed by atoms with Crippen LogP contribution in [0.2, 0.25) is 0 Å². The van der Waals surface area contributed by atoms with E-state index in [2.05, 4.69) is 21.8 Å². The van der Waals surface area contributed by atoms with Gasteiger partial charge in [-0.05, 0) is 31.2 Å². The summed E-state index contributed by atoms with van der Waals surface area (Å²) in [6, 6.07) is 6.81. The summed E-state index contributed by atoms with van der Waals surface area (Å²) >= 11 is 0. The SMILES string of the molecule is CCCn1ccnc1CC(NC)c1cccc(F)c1. The molecule has 0 saturated carbocycles. The molecule has 4 heteroatoms. The number of likely N-dealkylation sites (N-methyl/N-ethyl adjacent to an activating group) is 1. The average molecular weight is 261 g/mol. The summed E-state index contributed by atoms with van der Waals surface area (Å²) in [5.74, 6) is 0.833. The van der Waals surface area contributed by atoms with Gasteiger partial charge in [0.1, 0.15) is 11.6 Å². The van der Waals surface area contributed by atoms with Crippen LogP contribution in [0.25, 0.3) is 0 Å². The number of rotatable bonds is 6. The second-order valence-electron chi connectivity index (χ2n) is 4.64. The van der Waals surface area contributed by atoms with Crippen LogP contribution in [-0.2, 0) is 13.0 Å². The lowest BCUT2D eigenvalue weighted by Crippen LogP contribution is -2.21. The van der Waals surface area contributed by atoms with Gasteiger partial charge in [-0.3, -0.25) is 0 Å². The topological polar surface area (TPSA) is 29.9 Å². The smallest absolute Gasteiger partial charge is 0.123 e. The Kier molecular flexibility index (Phi) is 4.68. The first-order chi connectivity index (χ1) is 9.24. The fraction of sp³-hybridized carbons (Fsp3) is 0.400. The van der Waals surface area contributed by atoms with Gasteiger partial charge in [0.15, 0.2) is 0 Å². The number of imidazole rings is 1. The number of aryl methyl sites for hydroxylation is 1. The lowest BCUT2D eigenvalue weighted by molar-refractivity contribution is 0.538. The molecule has 0 aliphatic rings. The minimum Gasteiger partial charge on any atom is -0.335 e. The van der Waals surface area contributed by atoms with Gasteiger partial charge in [-0.25, -0.2) is 9.37 Å². The molecular weight excluding hydrogens is 241 g/mol. The first kappa shape index (κ1) is 13.7. The highest BCUT2D eigenvalue weighted by Crippen LogP contribution is 2.18. The van der Waals surface area contributed by atoms with E-state index in [0.29, 0.717) is 0 Å². The minimum absolute atomic E-state index is 0.0775. The fourth-order valence-electron chi connectivity index (χ4n) is 2.27. The number of halogens is 1. The second-order valence-corrected chi connectivity index (χ2v) is 4.64. The van der Waals surface area contributed by atoms with Gasteiger partial charge < -0.3 is 9.88 Å². The number of aromatic nitrogens is 2. The Bertz CT molecular complexity index is 522. The lowest BCUT2D eigenvalue weighted by atomic mass is 10.0. The van der Waals surface area contributed by atoms with Gasteiger partial charge in [0.2, 0.25) is 0 Å². The van der Waals surface area contributed by atoms with Crippen LogP contribution in [0.4, 0.5) is 4.39 Å². The van der Waals surface area contributed by atoms with Crippen molar-refractivity contribution in [1.29, 1.82) is 0 Å². The Morgan fingerprint density at radius 1 is 1.42 bits per heavy atom. The van der Waals surface area contributed by atoms with Crippen LogP contribution in [0, 0.1) is 5.82 Å². The Morgan fingerprint density at radius 2 is 2.26 bits per heavy atom. The van der Waals surface area contributed by atoms with E-state index in [1.54, 1.807) is 12.1 Å². The molecule has 0 amide bonds. The van der Waals surface area contributed by atoms with Gasteiger partial charge in [0.25, 0.3) is 0 Å². The molecule has 0 aliphatic carbocycles. The summed E-state index contributed by atoms with van der Waals surface area (Å²) in [5, 5.41) is 3.23. The maximum atomic E-state index is 13.3. The van der Waals surface area contributed by atoms with E-state index in [1.807, 2.05) is 25.5 Å². The number of nitrogens with one attached hydrogen (secondary N) is 1. The summed E-state index contributed by atoms with van der Waals surface area (Å²) in [4.78, 5) is 4.40. The zero-order chi connectivity index (χ0) is 13.7. The van der Waals surface area contributed by atoms with Crippen molar-refractivity contribution in [3.8, 4) is 0 Å². The summed E-state index contributed by atoms with van der Waals surface area (Å²) < 4.78 is 15.5. The molecule has 0 bridgehead atoms. The van der Waals surface area contributed by atoms with Gasteiger partial charge in [0.05, 0.1) is 0 Å². The van der Waals surface area contributed by atoms with Crippen molar-refractivity contribution in [1.82, 2.24) is 14.9 Å². The molecule has 0 aliphatic heterocycles. The van der Waals surface area contributed by atoms with Crippen LogP contribution in [0.15, 0.2) is 36.7 Å². The van der Waals surface area contributed by atoms with E-state index < -0.39 is 0 Å². The van der Waals surface area contributed by atoms with Crippen molar-refractivity contribution in [3.63, 3.8) is 0 Å². The zero-order valence-corrected chi connectivity index (χ0v) is 11.4. The van der Waals surface area contributed by atoms with Crippen LogP contribution in [0.3, 0.4) is 0 Å². The van der Waals surface area contributed by atoms with Gasteiger partial charge in [-0.1, -0.05) is 19.1 Å². The van der Waals surface area contributed by atoms with Gasteiger partial charge >= 0.3 is 0 Å². The van der Waals surface area contributed by atoms with Gasteiger partial charge in [-0.2, -0.15) is 0 Å². The first-order valence-electron chi connectivity index (χ1n) is 6.67. The van der Waals surface area contributed by atoms with Crippen molar-refractivity contribution in [2.75, 3.05) is 7.05 Å². The predicted molar refractivity (Wildman–Crippen MR) is 74.4 cm³/mol. The highest BCUT2D eigenvalue weighted by atomic mass is 19.1. The molecule has 2 aromatic rings. The molecule has 2 rings (SSSR count). The maximum absolute atomic E-state index is 13.3. The third-order valence-electron chi connectivity index (χ3n) is 3.25. The highest BCUT2D eigenvalue weighted by Gasteiger charge is 2.13. The van der Waals surface area contributed by atoms with E-state index in [9.17, 15) is 4.39 Å². The minimum atomic E-state index is -0.199. The lowest BCUT2D eigenvalue weighted by Gasteiger charge is -2.17. The summed E-state index contributed by atoms with van der Waals surface area (Å²) in [6.07, 6.45) is 5.65. The third-order valence-corrected chi connectivity index (χ3v) is 3.25. The largest absolute Gasteiger partial charge is 0.335 e. The molecule has 1 atom stereocenters. The summed E-state index contributed by atoms with van der Waals surface area (Å²) in [6.45, 7) is 3.11. The quantitative estimate of drug-likeness (QED) is 0.866. The molecule has 3 nitrogen and oxygen atoms in total. The average Bonchev–Trinajstić information content (AvgIpc) is 2.84. The third kappa shape index (κ3) is 3.41. The van der Waals surface area contributed by atoms with Crippen molar-refractivity contribution in [2.24, 2.45) is 0 Å². The summed E-state index contributed by atoms with van der Waals surface area (Å²) in [5.41, 5.74) is 0.952. The molecule has 1 aromatic heterocycles. The molecule has 1 unspecified atom stereocenters. The van der Waals surface area contributed by atoms with Crippen LogP contribution in [0.1, 0.15) is 30.8 Å². The Balaban J connectivity index is 2.17. The Hall–Kier alpha value is -1.68. The Labute approximate surface area is 113 Å². The normalized spacial score (nSPS) is 12.6. The van der Waals surface area contributed by atoms with Gasteiger partial charge in [-0.15, -0.1) is 0 Å². The van der Waals surface area contributed by atoms with Crippen molar-refractivity contribution in [3.05, 3.63) is 53.9 Å². The number of nitrogens with zero attached hydrogens (tertiary/aromatic N) is 2. The number of hydrogen-bond acceptors (Lipinski definition) is 2. The zero-order valence-electron chi connectivity index (χ0n) is 11.4. The monoisotopic (exact) mass is 261 g/mol. The van der Waals surface area contributed by atoms with E-state index >= 15 is 0 Å². The van der Waals surface area contributed by atoms with E-state index in [4.69, 9.17) is 0 Å². The number of benzene rings is 1. The Morgan fingerprint density at radius 3 is 2.95 bits per heavy atom. The van der Waals surface area contributed by atoms with E-state index in [0.717, 1.165) is 30.8 Å². The predicted octanol–water partition coefficient (Wildman–Crippen LogP) is 2.94. The molecule has 0 radical (unpaired) electrons. The molecule has 0 saturated heterocycles. The second kappa shape index (κ2) is 6.48. The van der Waals surface area contributed by atoms with Crippen molar-refractivity contribution >= 4 is 0 Å². The molecule has 0 spiro atoms. The maximum Gasteiger partial charge on any atom is 0.123 e. The molecule has 19 heavy (non-hydrogen) atoms. The van der Waals surface area contributed by atoms with Crippen LogP contribution in [0.5, 0.6) is 0 Å². The fourth-order valence-corrected chi connectivity index (χ4v) is 2.27. The summed E-state index contributed by atoms with van der Waals surface area (Å²) in [7, 11) is 1.89. The first-order valence-corrected chi connectivity index (χ1v) is 6.67. The molecule has 102 valence electrons. The molecule has 1 N–H and O–H groups in total. The number of hydrogen-bond donors (Lipinski definition) is 1. The van der Waals surface area contributed by atoms with E-state index in [1.165, 1.54) is 6.07 Å². The van der Waals surface area contributed by atoms with Crippen LogP contribution in [-0.4, -0.2) is 16.6 Å².